The number of alkyl halides is 1. The van der Waals surface area contributed by atoms with Crippen LogP contribution < -0.4 is 4.74 Å². The van der Waals surface area contributed by atoms with Crippen LogP contribution in [0.4, 0.5) is 4.39 Å². The summed E-state index contributed by atoms with van der Waals surface area (Å²) in [4.78, 5) is 13.7. The number of methoxy groups -OCH3 is 1. The Morgan fingerprint density at radius 3 is 2.42 bits per heavy atom. The molecule has 0 saturated carbocycles. The maximum atomic E-state index is 15.4. The lowest BCUT2D eigenvalue weighted by molar-refractivity contribution is -0.153. The van der Waals surface area contributed by atoms with Crippen molar-refractivity contribution in [3.05, 3.63) is 65.7 Å². The molecule has 24 heavy (non-hydrogen) atoms. The smallest absolute Gasteiger partial charge is 0.361 e. The summed E-state index contributed by atoms with van der Waals surface area (Å²) < 4.78 is 25.5. The Bertz CT molecular complexity index is 704. The topological polar surface area (TPSA) is 38.5 Å². The van der Waals surface area contributed by atoms with E-state index >= 15 is 4.39 Å². The van der Waals surface area contributed by atoms with E-state index in [-0.39, 0.29) is 6.61 Å². The van der Waals surface area contributed by atoms with E-state index in [1.807, 2.05) is 30.3 Å². The molecule has 3 atom stereocenters. The summed E-state index contributed by atoms with van der Waals surface area (Å²) >= 11 is 0. The first-order chi connectivity index (χ1) is 11.6. The lowest BCUT2D eigenvalue weighted by Gasteiger charge is -2.07. The standard InChI is InChI=1S/C19H20FNO3/c1-3-24-18(22)19(20)17(15-9-11-16(23-2)12-10-15)21(19)13-14-7-5-4-6-8-14/h4-12,17H,3,13H2,1-2H3. The number of esters is 1. The Balaban J connectivity index is 1.87. The van der Waals surface area contributed by atoms with Crippen molar-refractivity contribution < 1.29 is 18.7 Å². The summed E-state index contributed by atoms with van der Waals surface area (Å²) in [5.41, 5.74) is 1.67. The number of benzene rings is 2. The van der Waals surface area contributed by atoms with E-state index in [4.69, 9.17) is 9.47 Å². The summed E-state index contributed by atoms with van der Waals surface area (Å²) in [5.74, 6) is -2.27. The average Bonchev–Trinajstić information content (AvgIpc) is 3.21. The fourth-order valence-corrected chi connectivity index (χ4v) is 2.95. The highest BCUT2D eigenvalue weighted by atomic mass is 19.2. The number of halogens is 1. The molecule has 0 N–H and O–H groups in total. The van der Waals surface area contributed by atoms with Crippen LogP contribution in [-0.2, 0) is 16.1 Å². The van der Waals surface area contributed by atoms with Gasteiger partial charge in [-0.25, -0.2) is 14.1 Å². The maximum absolute atomic E-state index is 15.4. The molecule has 0 spiro atoms. The molecule has 2 aromatic rings. The number of ether oxygens (including phenoxy) is 2. The summed E-state index contributed by atoms with van der Waals surface area (Å²) in [6, 6.07) is 16.0. The molecule has 0 aliphatic carbocycles. The van der Waals surface area contributed by atoms with Crippen molar-refractivity contribution in [1.82, 2.24) is 4.90 Å². The molecule has 3 rings (SSSR count). The van der Waals surface area contributed by atoms with E-state index in [1.54, 1.807) is 38.3 Å². The van der Waals surface area contributed by atoms with E-state index in [0.29, 0.717) is 12.3 Å². The van der Waals surface area contributed by atoms with Crippen molar-refractivity contribution in [2.75, 3.05) is 13.7 Å². The van der Waals surface area contributed by atoms with Gasteiger partial charge >= 0.3 is 5.97 Å². The van der Waals surface area contributed by atoms with Crippen LogP contribution in [0.15, 0.2) is 54.6 Å². The Labute approximate surface area is 140 Å². The molecule has 126 valence electrons. The van der Waals surface area contributed by atoms with Crippen LogP contribution >= 0.6 is 0 Å². The Kier molecular flexibility index (Phi) is 4.53. The first kappa shape index (κ1) is 16.5. The number of carbonyl (C=O) groups is 1. The van der Waals surface area contributed by atoms with E-state index in [0.717, 1.165) is 11.1 Å². The molecule has 0 radical (unpaired) electrons. The van der Waals surface area contributed by atoms with Gasteiger partial charge in [0.2, 0.25) is 0 Å². The van der Waals surface area contributed by atoms with Gasteiger partial charge < -0.3 is 9.47 Å². The van der Waals surface area contributed by atoms with E-state index in [2.05, 4.69) is 0 Å². The van der Waals surface area contributed by atoms with E-state index in [1.165, 1.54) is 4.90 Å². The zero-order valence-electron chi connectivity index (χ0n) is 13.7. The van der Waals surface area contributed by atoms with Crippen LogP contribution in [0.5, 0.6) is 5.75 Å². The molecule has 5 heteroatoms. The zero-order chi connectivity index (χ0) is 17.2. The molecular formula is C19H20FNO3. The fourth-order valence-electron chi connectivity index (χ4n) is 2.95. The minimum Gasteiger partial charge on any atom is -0.497 e. The van der Waals surface area contributed by atoms with E-state index in [9.17, 15) is 4.79 Å². The predicted molar refractivity (Wildman–Crippen MR) is 88.2 cm³/mol. The molecule has 4 nitrogen and oxygen atoms in total. The van der Waals surface area contributed by atoms with Gasteiger partial charge in [-0.15, -0.1) is 0 Å². The Morgan fingerprint density at radius 2 is 1.83 bits per heavy atom. The van der Waals surface area contributed by atoms with Crippen molar-refractivity contribution in [3.63, 3.8) is 0 Å². The minimum atomic E-state index is -2.12. The highest BCUT2D eigenvalue weighted by Crippen LogP contribution is 2.56. The van der Waals surface area contributed by atoms with Crippen LogP contribution in [0.1, 0.15) is 24.1 Å². The predicted octanol–water partition coefficient (Wildman–Crippen LogP) is 3.48. The van der Waals surface area contributed by atoms with Crippen LogP contribution in [0.2, 0.25) is 0 Å². The number of carbonyl (C=O) groups excluding carboxylic acids is 1. The molecule has 1 heterocycles. The second kappa shape index (κ2) is 6.61. The van der Waals surface area contributed by atoms with E-state index < -0.39 is 17.8 Å². The summed E-state index contributed by atoms with van der Waals surface area (Å²) in [5, 5.41) is 0. The van der Waals surface area contributed by atoms with Crippen molar-refractivity contribution in [2.24, 2.45) is 0 Å². The number of nitrogens with zero attached hydrogens (tertiary/aromatic N) is 1. The van der Waals surface area contributed by atoms with Gasteiger partial charge in [-0.1, -0.05) is 42.5 Å². The van der Waals surface area contributed by atoms with Crippen LogP contribution in [-0.4, -0.2) is 30.4 Å². The highest BCUT2D eigenvalue weighted by molar-refractivity contribution is 5.84. The molecule has 0 bridgehead atoms. The van der Waals surface area contributed by atoms with Crippen molar-refractivity contribution in [3.8, 4) is 5.75 Å². The monoisotopic (exact) mass is 329 g/mol. The second-order valence-corrected chi connectivity index (χ2v) is 5.68. The largest absolute Gasteiger partial charge is 0.497 e. The first-order valence-electron chi connectivity index (χ1n) is 7.92. The SMILES string of the molecule is CCOC(=O)C1(F)C(c2ccc(OC)cc2)N1Cc1ccccc1. The van der Waals surface area contributed by atoms with Crippen molar-refractivity contribution in [2.45, 2.75) is 25.3 Å². The van der Waals surface area contributed by atoms with Gasteiger partial charge in [-0.2, -0.15) is 0 Å². The molecule has 3 unspecified atom stereocenters. The van der Waals surface area contributed by atoms with Gasteiger partial charge in [0.05, 0.1) is 19.8 Å². The number of hydrogen-bond donors (Lipinski definition) is 0. The third kappa shape index (κ3) is 2.87. The van der Waals surface area contributed by atoms with Gasteiger partial charge in [0.25, 0.3) is 5.79 Å². The summed E-state index contributed by atoms with van der Waals surface area (Å²) in [7, 11) is 1.58. The molecule has 1 aliphatic rings. The molecule has 1 aliphatic heterocycles. The number of rotatable bonds is 6. The molecule has 0 aromatic heterocycles. The quantitative estimate of drug-likeness (QED) is 0.462. The van der Waals surface area contributed by atoms with Gasteiger partial charge in [-0.3, -0.25) is 0 Å². The molecular weight excluding hydrogens is 309 g/mol. The normalized spacial score (nSPS) is 25.1. The highest BCUT2D eigenvalue weighted by Gasteiger charge is 2.71. The maximum Gasteiger partial charge on any atom is 0.361 e. The molecule has 1 fully saturated rings. The molecule has 2 aromatic carbocycles. The third-order valence-corrected chi connectivity index (χ3v) is 4.21. The summed E-state index contributed by atoms with van der Waals surface area (Å²) in [6.45, 7) is 2.17. The van der Waals surface area contributed by atoms with Crippen molar-refractivity contribution in [1.29, 1.82) is 0 Å². The lowest BCUT2D eigenvalue weighted by Crippen LogP contribution is -2.27. The third-order valence-electron chi connectivity index (χ3n) is 4.21. The van der Waals surface area contributed by atoms with Gasteiger partial charge in [0, 0.05) is 6.54 Å². The van der Waals surface area contributed by atoms with Crippen LogP contribution in [0, 0.1) is 0 Å². The first-order valence-corrected chi connectivity index (χ1v) is 7.92. The molecule has 0 amide bonds. The Morgan fingerprint density at radius 1 is 1.17 bits per heavy atom. The second-order valence-electron chi connectivity index (χ2n) is 5.68. The van der Waals surface area contributed by atoms with Gasteiger partial charge in [-0.05, 0) is 30.2 Å². The van der Waals surface area contributed by atoms with Crippen molar-refractivity contribution >= 4 is 5.97 Å². The van der Waals surface area contributed by atoms with Crippen LogP contribution in [0.3, 0.4) is 0 Å². The van der Waals surface area contributed by atoms with Gasteiger partial charge in [0.15, 0.2) is 0 Å². The lowest BCUT2D eigenvalue weighted by atomic mass is 10.1. The van der Waals surface area contributed by atoms with Crippen LogP contribution in [0.25, 0.3) is 0 Å². The zero-order valence-corrected chi connectivity index (χ0v) is 13.7. The van der Waals surface area contributed by atoms with Gasteiger partial charge in [0.1, 0.15) is 5.75 Å². The fraction of sp³-hybridized carbons (Fsp3) is 0.316. The molecule has 1 saturated heterocycles. The minimum absolute atomic E-state index is 0.152. The Hall–Kier alpha value is -2.40. The average molecular weight is 329 g/mol. The summed E-state index contributed by atoms with van der Waals surface area (Å²) in [6.07, 6.45) is 0. The number of hydrogen-bond acceptors (Lipinski definition) is 4.